The van der Waals surface area contributed by atoms with Crippen LogP contribution in [0.15, 0.2) is 188 Å². The van der Waals surface area contributed by atoms with Crippen LogP contribution >= 0.6 is 11.3 Å². The first-order valence-corrected chi connectivity index (χ1v) is 19.9. The standard InChI is InChI=1S/C53H37NS/c1-53(2)49-23-9-7-19-43(49)47-32-39(29-30-50(47)53)54(38-16-11-15-36(31-38)41-22-12-14-34-13-3-4-17-40(34)41)37-27-25-35(26-28-37)46-33-48-44-20-8-10-24-51(44)55-52(48)45-21-6-5-18-42(45)46/h3-33H,1-2H3. The quantitative estimate of drug-likeness (QED) is 0.171. The van der Waals surface area contributed by atoms with Gasteiger partial charge in [0.25, 0.3) is 0 Å². The van der Waals surface area contributed by atoms with E-state index in [0.717, 1.165) is 17.1 Å². The molecule has 11 rings (SSSR count). The van der Waals surface area contributed by atoms with Crippen molar-refractivity contribution in [2.75, 3.05) is 4.90 Å². The number of anilines is 3. The van der Waals surface area contributed by atoms with Crippen molar-refractivity contribution >= 4 is 70.1 Å². The molecule has 1 heterocycles. The van der Waals surface area contributed by atoms with Crippen molar-refractivity contribution in [3.8, 4) is 33.4 Å². The maximum Gasteiger partial charge on any atom is 0.0468 e. The molecule has 0 atom stereocenters. The number of thiophene rings is 1. The molecule has 0 saturated heterocycles. The zero-order chi connectivity index (χ0) is 36.7. The van der Waals surface area contributed by atoms with Gasteiger partial charge in [-0.3, -0.25) is 0 Å². The normalized spacial score (nSPS) is 13.1. The minimum absolute atomic E-state index is 0.0527. The van der Waals surface area contributed by atoms with Gasteiger partial charge in [0, 0.05) is 48.0 Å². The number of nitrogens with zero attached hydrogens (tertiary/aromatic N) is 1. The van der Waals surface area contributed by atoms with Crippen LogP contribution in [0.5, 0.6) is 0 Å². The summed E-state index contributed by atoms with van der Waals surface area (Å²) in [5.41, 5.74) is 13.7. The van der Waals surface area contributed by atoms with Gasteiger partial charge in [0.2, 0.25) is 0 Å². The molecule has 0 aliphatic heterocycles. The van der Waals surface area contributed by atoms with Gasteiger partial charge in [0.05, 0.1) is 0 Å². The summed E-state index contributed by atoms with van der Waals surface area (Å²) >= 11 is 1.89. The van der Waals surface area contributed by atoms with Crippen molar-refractivity contribution < 1.29 is 0 Å². The highest BCUT2D eigenvalue weighted by Gasteiger charge is 2.35. The molecule has 0 bridgehead atoms. The molecule has 0 fully saturated rings. The van der Waals surface area contributed by atoms with Crippen molar-refractivity contribution in [3.05, 3.63) is 199 Å². The van der Waals surface area contributed by atoms with Gasteiger partial charge in [0.15, 0.2) is 0 Å². The average Bonchev–Trinajstić information content (AvgIpc) is 3.73. The largest absolute Gasteiger partial charge is 0.310 e. The third kappa shape index (κ3) is 4.99. The van der Waals surface area contributed by atoms with Crippen molar-refractivity contribution in [1.82, 2.24) is 0 Å². The van der Waals surface area contributed by atoms with E-state index >= 15 is 0 Å². The van der Waals surface area contributed by atoms with E-state index in [1.165, 1.54) is 86.2 Å². The van der Waals surface area contributed by atoms with Gasteiger partial charge in [-0.15, -0.1) is 11.3 Å². The lowest BCUT2D eigenvalue weighted by molar-refractivity contribution is 0.660. The Balaban J connectivity index is 1.09. The molecule has 260 valence electrons. The van der Waals surface area contributed by atoms with Crippen LogP contribution < -0.4 is 4.90 Å². The van der Waals surface area contributed by atoms with E-state index in [-0.39, 0.29) is 5.41 Å². The van der Waals surface area contributed by atoms with Crippen LogP contribution in [0.2, 0.25) is 0 Å². The second-order valence-electron chi connectivity index (χ2n) is 15.3. The van der Waals surface area contributed by atoms with Crippen LogP contribution in [0, 0.1) is 0 Å². The first-order valence-electron chi connectivity index (χ1n) is 19.1. The Bertz CT molecular complexity index is 3120. The summed E-state index contributed by atoms with van der Waals surface area (Å²) in [5.74, 6) is 0. The van der Waals surface area contributed by atoms with Crippen molar-refractivity contribution in [1.29, 1.82) is 0 Å². The zero-order valence-electron chi connectivity index (χ0n) is 30.8. The van der Waals surface area contributed by atoms with Crippen LogP contribution in [0.25, 0.3) is 75.1 Å². The summed E-state index contributed by atoms with van der Waals surface area (Å²) in [6.07, 6.45) is 0. The fourth-order valence-electron chi connectivity index (χ4n) is 9.16. The third-order valence-corrected chi connectivity index (χ3v) is 13.1. The van der Waals surface area contributed by atoms with Gasteiger partial charge < -0.3 is 4.90 Å². The third-order valence-electron chi connectivity index (χ3n) is 11.9. The highest BCUT2D eigenvalue weighted by Crippen LogP contribution is 2.51. The molecule has 1 aliphatic carbocycles. The highest BCUT2D eigenvalue weighted by molar-refractivity contribution is 7.26. The maximum absolute atomic E-state index is 2.43. The predicted molar refractivity (Wildman–Crippen MR) is 237 cm³/mol. The van der Waals surface area contributed by atoms with E-state index in [0.29, 0.717) is 0 Å². The van der Waals surface area contributed by atoms with Crippen LogP contribution in [0.4, 0.5) is 17.1 Å². The molecule has 55 heavy (non-hydrogen) atoms. The Kier molecular flexibility index (Phi) is 7.14. The summed E-state index contributed by atoms with van der Waals surface area (Å²) in [6.45, 7) is 4.70. The van der Waals surface area contributed by atoms with Gasteiger partial charge >= 0.3 is 0 Å². The molecule has 0 unspecified atom stereocenters. The van der Waals surface area contributed by atoms with Gasteiger partial charge in [-0.25, -0.2) is 0 Å². The molecule has 0 spiro atoms. The van der Waals surface area contributed by atoms with Crippen LogP contribution in [-0.4, -0.2) is 0 Å². The first-order chi connectivity index (χ1) is 27.0. The monoisotopic (exact) mass is 719 g/mol. The number of fused-ring (bicyclic) bond motifs is 9. The van der Waals surface area contributed by atoms with Crippen molar-refractivity contribution in [2.24, 2.45) is 0 Å². The van der Waals surface area contributed by atoms with Gasteiger partial charge in [-0.1, -0.05) is 153 Å². The second kappa shape index (κ2) is 12.3. The summed E-state index contributed by atoms with van der Waals surface area (Å²) in [6, 6.07) is 69.6. The Labute approximate surface area is 325 Å². The number of hydrogen-bond donors (Lipinski definition) is 0. The number of rotatable bonds is 5. The van der Waals surface area contributed by atoms with E-state index < -0.39 is 0 Å². The van der Waals surface area contributed by atoms with Crippen LogP contribution in [0.1, 0.15) is 25.0 Å². The molecule has 1 aromatic heterocycles. The van der Waals surface area contributed by atoms with Crippen LogP contribution in [0.3, 0.4) is 0 Å². The SMILES string of the molecule is CC1(C)c2ccccc2-c2cc(N(c3ccc(-c4cc5c6ccccc6sc5c5ccccc45)cc3)c3cccc(-c4cccc5ccccc45)c3)ccc21. The molecule has 0 radical (unpaired) electrons. The van der Waals surface area contributed by atoms with Gasteiger partial charge in [0.1, 0.15) is 0 Å². The molecule has 0 amide bonds. The molecule has 2 heteroatoms. The summed E-state index contributed by atoms with van der Waals surface area (Å²) in [5, 5.41) is 7.76. The van der Waals surface area contributed by atoms with E-state index in [1.54, 1.807) is 0 Å². The molecular formula is C53H37NS. The minimum Gasteiger partial charge on any atom is -0.310 e. The Morgan fingerprint density at radius 3 is 1.89 bits per heavy atom. The van der Waals surface area contributed by atoms with Crippen molar-refractivity contribution in [3.63, 3.8) is 0 Å². The van der Waals surface area contributed by atoms with E-state index in [2.05, 4.69) is 207 Å². The van der Waals surface area contributed by atoms with E-state index in [1.807, 2.05) is 11.3 Å². The Hall–Kier alpha value is -6.48. The molecule has 1 nitrogen and oxygen atoms in total. The highest BCUT2D eigenvalue weighted by atomic mass is 32.1. The Morgan fingerprint density at radius 1 is 0.382 bits per heavy atom. The zero-order valence-corrected chi connectivity index (χ0v) is 31.6. The average molecular weight is 720 g/mol. The molecule has 9 aromatic carbocycles. The van der Waals surface area contributed by atoms with E-state index in [4.69, 9.17) is 0 Å². The number of hydrogen-bond acceptors (Lipinski definition) is 2. The lowest BCUT2D eigenvalue weighted by Crippen LogP contribution is -2.15. The lowest BCUT2D eigenvalue weighted by Gasteiger charge is -2.28. The molecular weight excluding hydrogens is 683 g/mol. The molecule has 1 aliphatic rings. The molecule has 10 aromatic rings. The maximum atomic E-state index is 2.43. The van der Waals surface area contributed by atoms with Gasteiger partial charge in [-0.2, -0.15) is 0 Å². The summed E-state index contributed by atoms with van der Waals surface area (Å²) in [7, 11) is 0. The number of benzene rings is 9. The predicted octanol–water partition coefficient (Wildman–Crippen LogP) is 15.5. The topological polar surface area (TPSA) is 3.24 Å². The smallest absolute Gasteiger partial charge is 0.0468 e. The fourth-order valence-corrected chi connectivity index (χ4v) is 10.4. The lowest BCUT2D eigenvalue weighted by atomic mass is 9.82. The first kappa shape index (κ1) is 32.0. The minimum atomic E-state index is -0.0527. The molecule has 0 N–H and O–H groups in total. The van der Waals surface area contributed by atoms with Crippen molar-refractivity contribution in [2.45, 2.75) is 19.3 Å². The Morgan fingerprint density at radius 2 is 1.02 bits per heavy atom. The van der Waals surface area contributed by atoms with E-state index in [9.17, 15) is 0 Å². The second-order valence-corrected chi connectivity index (χ2v) is 16.4. The fraction of sp³-hybridized carbons (Fsp3) is 0.0566. The summed E-state index contributed by atoms with van der Waals surface area (Å²) < 4.78 is 2.69. The van der Waals surface area contributed by atoms with Crippen LogP contribution in [-0.2, 0) is 5.41 Å². The van der Waals surface area contributed by atoms with Gasteiger partial charge in [-0.05, 0) is 109 Å². The molecule has 0 saturated carbocycles. The summed E-state index contributed by atoms with van der Waals surface area (Å²) in [4.78, 5) is 2.43.